The van der Waals surface area contributed by atoms with Gasteiger partial charge in [0, 0.05) is 23.8 Å². The van der Waals surface area contributed by atoms with Crippen LogP contribution in [0.1, 0.15) is 28.8 Å². The topological polar surface area (TPSA) is 92.8 Å². The molecular formula is C20H20Cl2N2O5S. The zero-order chi connectivity index (χ0) is 21.9. The number of benzene rings is 2. The van der Waals surface area contributed by atoms with Gasteiger partial charge in [-0.1, -0.05) is 29.3 Å². The number of hydrogen-bond acceptors (Lipinski definition) is 5. The molecule has 1 N–H and O–H groups in total. The zero-order valence-corrected chi connectivity index (χ0v) is 18.5. The summed E-state index contributed by atoms with van der Waals surface area (Å²) < 4.78 is 31.8. The second-order valence-corrected chi connectivity index (χ2v) is 9.54. The molecule has 160 valence electrons. The highest BCUT2D eigenvalue weighted by atomic mass is 35.5. The maximum Gasteiger partial charge on any atom is 0.340 e. The van der Waals surface area contributed by atoms with Gasteiger partial charge in [-0.2, -0.15) is 4.31 Å². The average molecular weight is 471 g/mol. The normalized spacial score (nSPS) is 14.5. The molecule has 0 radical (unpaired) electrons. The van der Waals surface area contributed by atoms with Crippen LogP contribution in [0.2, 0.25) is 10.0 Å². The standard InChI is InChI=1S/C20H20Cl2N2O5S/c1-13-16(21)5-4-6-18(13)23-19(25)12-29-20(26)15-11-14(7-8-17(15)22)30(27,28)24-9-2-3-10-24/h4-8,11H,2-3,9-10,12H2,1H3,(H,23,25). The van der Waals surface area contributed by atoms with Crippen LogP contribution in [-0.2, 0) is 19.6 Å². The summed E-state index contributed by atoms with van der Waals surface area (Å²) in [5, 5.41) is 3.14. The molecule has 3 rings (SSSR count). The van der Waals surface area contributed by atoms with E-state index < -0.39 is 28.5 Å². The molecule has 7 nitrogen and oxygen atoms in total. The number of anilines is 1. The van der Waals surface area contributed by atoms with Crippen LogP contribution in [0.15, 0.2) is 41.3 Å². The smallest absolute Gasteiger partial charge is 0.340 e. The molecular weight excluding hydrogens is 451 g/mol. The van der Waals surface area contributed by atoms with Crippen LogP contribution in [0.5, 0.6) is 0 Å². The van der Waals surface area contributed by atoms with E-state index >= 15 is 0 Å². The Morgan fingerprint density at radius 3 is 2.50 bits per heavy atom. The summed E-state index contributed by atoms with van der Waals surface area (Å²) in [6.45, 7) is 2.06. The summed E-state index contributed by atoms with van der Waals surface area (Å²) in [6.07, 6.45) is 1.59. The van der Waals surface area contributed by atoms with Gasteiger partial charge in [-0.3, -0.25) is 4.79 Å². The monoisotopic (exact) mass is 470 g/mol. The summed E-state index contributed by atoms with van der Waals surface area (Å²) in [5.74, 6) is -1.46. The van der Waals surface area contributed by atoms with Crippen molar-refractivity contribution in [2.75, 3.05) is 25.0 Å². The molecule has 1 heterocycles. The Kier molecular flexibility index (Phi) is 7.02. The predicted molar refractivity (Wildman–Crippen MR) is 115 cm³/mol. The van der Waals surface area contributed by atoms with Gasteiger partial charge in [0.05, 0.1) is 15.5 Å². The molecule has 0 unspecified atom stereocenters. The number of halogens is 2. The van der Waals surface area contributed by atoms with Gasteiger partial charge in [-0.25, -0.2) is 13.2 Å². The molecule has 0 spiro atoms. The quantitative estimate of drug-likeness (QED) is 0.646. The maximum atomic E-state index is 12.7. The number of hydrogen-bond donors (Lipinski definition) is 1. The van der Waals surface area contributed by atoms with Gasteiger partial charge in [-0.05, 0) is 55.7 Å². The van der Waals surface area contributed by atoms with E-state index in [9.17, 15) is 18.0 Å². The van der Waals surface area contributed by atoms with Gasteiger partial charge in [0.2, 0.25) is 10.0 Å². The Morgan fingerprint density at radius 1 is 1.10 bits per heavy atom. The number of nitrogens with one attached hydrogen (secondary N) is 1. The molecule has 0 saturated carbocycles. The van der Waals surface area contributed by atoms with E-state index in [0.29, 0.717) is 29.4 Å². The number of rotatable bonds is 6. The number of carbonyl (C=O) groups excluding carboxylic acids is 2. The van der Waals surface area contributed by atoms with Gasteiger partial charge >= 0.3 is 5.97 Å². The lowest BCUT2D eigenvalue weighted by Gasteiger charge is -2.16. The van der Waals surface area contributed by atoms with E-state index in [1.807, 2.05) is 0 Å². The molecule has 1 saturated heterocycles. The first-order valence-corrected chi connectivity index (χ1v) is 11.4. The molecule has 1 fully saturated rings. The zero-order valence-electron chi connectivity index (χ0n) is 16.2. The third-order valence-electron chi connectivity index (χ3n) is 4.74. The highest BCUT2D eigenvalue weighted by Gasteiger charge is 2.28. The molecule has 2 aromatic rings. The Balaban J connectivity index is 1.69. The molecule has 10 heteroatoms. The first kappa shape index (κ1) is 22.6. The summed E-state index contributed by atoms with van der Waals surface area (Å²) in [5.41, 5.74) is 1.06. The van der Waals surface area contributed by atoms with Crippen molar-refractivity contribution >= 4 is 50.8 Å². The van der Waals surface area contributed by atoms with Crippen LogP contribution in [0, 0.1) is 6.92 Å². The highest BCUT2D eigenvalue weighted by molar-refractivity contribution is 7.89. The fourth-order valence-corrected chi connectivity index (χ4v) is 4.95. The average Bonchev–Trinajstić information content (AvgIpc) is 3.25. The minimum atomic E-state index is -3.72. The van der Waals surface area contributed by atoms with E-state index in [2.05, 4.69) is 5.32 Å². The number of amides is 1. The lowest BCUT2D eigenvalue weighted by molar-refractivity contribution is -0.119. The summed E-state index contributed by atoms with van der Waals surface area (Å²) in [4.78, 5) is 24.5. The minimum Gasteiger partial charge on any atom is -0.452 e. The Morgan fingerprint density at radius 2 is 1.80 bits per heavy atom. The molecule has 1 aliphatic rings. The van der Waals surface area contributed by atoms with Crippen LogP contribution in [0.3, 0.4) is 0 Å². The lowest BCUT2D eigenvalue weighted by atomic mass is 10.2. The first-order chi connectivity index (χ1) is 14.2. The van der Waals surface area contributed by atoms with E-state index in [0.717, 1.165) is 12.8 Å². The van der Waals surface area contributed by atoms with Gasteiger partial charge in [0.15, 0.2) is 6.61 Å². The molecule has 0 atom stereocenters. The van der Waals surface area contributed by atoms with Gasteiger partial charge < -0.3 is 10.1 Å². The summed E-state index contributed by atoms with van der Waals surface area (Å²) in [6, 6.07) is 8.90. The molecule has 0 aliphatic carbocycles. The molecule has 1 amide bonds. The molecule has 30 heavy (non-hydrogen) atoms. The van der Waals surface area contributed by atoms with Crippen molar-refractivity contribution in [2.45, 2.75) is 24.7 Å². The number of esters is 1. The summed E-state index contributed by atoms with van der Waals surface area (Å²) >= 11 is 12.1. The minimum absolute atomic E-state index is 0.0338. The van der Waals surface area contributed by atoms with Crippen LogP contribution in [-0.4, -0.2) is 44.3 Å². The van der Waals surface area contributed by atoms with E-state index in [-0.39, 0.29) is 15.5 Å². The van der Waals surface area contributed by atoms with Crippen LogP contribution >= 0.6 is 23.2 Å². The molecule has 2 aromatic carbocycles. The largest absolute Gasteiger partial charge is 0.452 e. The highest BCUT2D eigenvalue weighted by Crippen LogP contribution is 2.26. The fraction of sp³-hybridized carbons (Fsp3) is 0.300. The van der Waals surface area contributed by atoms with Crippen molar-refractivity contribution in [3.63, 3.8) is 0 Å². The second kappa shape index (κ2) is 9.34. The SMILES string of the molecule is Cc1c(Cl)cccc1NC(=O)COC(=O)c1cc(S(=O)(=O)N2CCCC2)ccc1Cl. The first-order valence-electron chi connectivity index (χ1n) is 9.22. The number of sulfonamides is 1. The van der Waals surface area contributed by atoms with Crippen LogP contribution in [0.4, 0.5) is 5.69 Å². The second-order valence-electron chi connectivity index (χ2n) is 6.79. The van der Waals surface area contributed by atoms with Gasteiger partial charge in [-0.15, -0.1) is 0 Å². The molecule has 0 bridgehead atoms. The van der Waals surface area contributed by atoms with Crippen molar-refractivity contribution in [1.29, 1.82) is 0 Å². The molecule has 0 aromatic heterocycles. The third-order valence-corrected chi connectivity index (χ3v) is 7.37. The number of carbonyl (C=O) groups is 2. The number of nitrogens with zero attached hydrogens (tertiary/aromatic N) is 1. The van der Waals surface area contributed by atoms with Gasteiger partial charge in [0.25, 0.3) is 5.91 Å². The van der Waals surface area contributed by atoms with Gasteiger partial charge in [0.1, 0.15) is 0 Å². The third kappa shape index (κ3) is 4.95. The Bertz CT molecular complexity index is 1080. The number of ether oxygens (including phenoxy) is 1. The Labute approximate surface area is 185 Å². The van der Waals surface area contributed by atoms with E-state index in [1.54, 1.807) is 25.1 Å². The van der Waals surface area contributed by atoms with Crippen molar-refractivity contribution < 1.29 is 22.7 Å². The van der Waals surface area contributed by atoms with Crippen LogP contribution in [0.25, 0.3) is 0 Å². The predicted octanol–water partition coefficient (Wildman–Crippen LogP) is 3.88. The Hall–Kier alpha value is -2.13. The van der Waals surface area contributed by atoms with Crippen molar-refractivity contribution in [3.8, 4) is 0 Å². The summed E-state index contributed by atoms with van der Waals surface area (Å²) in [7, 11) is -3.72. The maximum absolute atomic E-state index is 12.7. The lowest BCUT2D eigenvalue weighted by Crippen LogP contribution is -2.28. The van der Waals surface area contributed by atoms with Crippen molar-refractivity contribution in [3.05, 3.63) is 57.6 Å². The van der Waals surface area contributed by atoms with Crippen LogP contribution < -0.4 is 5.32 Å². The van der Waals surface area contributed by atoms with E-state index in [1.165, 1.54) is 22.5 Å². The van der Waals surface area contributed by atoms with Crippen molar-refractivity contribution in [2.24, 2.45) is 0 Å². The van der Waals surface area contributed by atoms with Crippen molar-refractivity contribution in [1.82, 2.24) is 4.31 Å². The molecule has 1 aliphatic heterocycles. The van der Waals surface area contributed by atoms with E-state index in [4.69, 9.17) is 27.9 Å². The fourth-order valence-electron chi connectivity index (χ4n) is 3.04.